The minimum absolute atomic E-state index is 0.416. The first kappa shape index (κ1) is 10.6. The van der Waals surface area contributed by atoms with Gasteiger partial charge >= 0.3 is 0 Å². The van der Waals surface area contributed by atoms with Crippen LogP contribution >= 0.6 is 0 Å². The Bertz CT molecular complexity index is 275. The first-order chi connectivity index (χ1) is 7.81. The molecule has 2 aliphatic heterocycles. The van der Waals surface area contributed by atoms with E-state index in [1.807, 2.05) is 0 Å². The van der Waals surface area contributed by atoms with Crippen LogP contribution < -0.4 is 5.32 Å². The zero-order valence-corrected chi connectivity index (χ0v) is 9.95. The van der Waals surface area contributed by atoms with Gasteiger partial charge in [0, 0.05) is 31.6 Å². The van der Waals surface area contributed by atoms with Gasteiger partial charge in [-0.25, -0.2) is 0 Å². The van der Waals surface area contributed by atoms with E-state index in [2.05, 4.69) is 10.2 Å². The molecule has 0 spiro atoms. The number of nitrogens with one attached hydrogen (secondary N) is 1. The van der Waals surface area contributed by atoms with Crippen molar-refractivity contribution in [1.29, 1.82) is 0 Å². The minimum atomic E-state index is 0.416. The molecule has 90 valence electrons. The third-order valence-corrected chi connectivity index (χ3v) is 4.56. The highest BCUT2D eigenvalue weighted by molar-refractivity contribution is 5.76. The van der Waals surface area contributed by atoms with Crippen LogP contribution in [0, 0.1) is 5.92 Å². The number of nitrogens with zero attached hydrogens (tertiary/aromatic N) is 1. The first-order valence-electron chi connectivity index (χ1n) is 6.85. The summed E-state index contributed by atoms with van der Waals surface area (Å²) in [6.07, 6.45) is 8.45. The second kappa shape index (κ2) is 4.36. The van der Waals surface area contributed by atoms with Crippen molar-refractivity contribution in [2.45, 2.75) is 57.0 Å². The summed E-state index contributed by atoms with van der Waals surface area (Å²) in [5.41, 5.74) is 0. The van der Waals surface area contributed by atoms with Crippen molar-refractivity contribution in [1.82, 2.24) is 10.2 Å². The van der Waals surface area contributed by atoms with E-state index in [4.69, 9.17) is 0 Å². The summed E-state index contributed by atoms with van der Waals surface area (Å²) in [5, 5.41) is 3.63. The molecule has 3 fully saturated rings. The summed E-state index contributed by atoms with van der Waals surface area (Å²) in [7, 11) is 0. The smallest absolute Gasteiger partial charge is 0.222 e. The third kappa shape index (κ3) is 2.10. The topological polar surface area (TPSA) is 32.3 Å². The molecule has 0 radical (unpaired) electrons. The van der Waals surface area contributed by atoms with Crippen molar-refractivity contribution in [3.05, 3.63) is 0 Å². The monoisotopic (exact) mass is 222 g/mol. The van der Waals surface area contributed by atoms with E-state index in [9.17, 15) is 4.79 Å². The third-order valence-electron chi connectivity index (χ3n) is 4.56. The minimum Gasteiger partial charge on any atom is -0.341 e. The van der Waals surface area contributed by atoms with E-state index in [-0.39, 0.29) is 0 Å². The number of hydrogen-bond donors (Lipinski definition) is 1. The molecule has 2 saturated heterocycles. The molecular formula is C13H22N2O. The number of rotatable bonds is 2. The van der Waals surface area contributed by atoms with Crippen LogP contribution in [0.5, 0.6) is 0 Å². The van der Waals surface area contributed by atoms with E-state index < -0.39 is 0 Å². The van der Waals surface area contributed by atoms with Gasteiger partial charge in [-0.15, -0.1) is 0 Å². The van der Waals surface area contributed by atoms with Crippen molar-refractivity contribution >= 4 is 5.91 Å². The van der Waals surface area contributed by atoms with E-state index >= 15 is 0 Å². The van der Waals surface area contributed by atoms with Crippen molar-refractivity contribution in [3.8, 4) is 0 Å². The fourth-order valence-corrected chi connectivity index (χ4v) is 3.24. The summed E-state index contributed by atoms with van der Waals surface area (Å²) in [4.78, 5) is 14.2. The van der Waals surface area contributed by atoms with Gasteiger partial charge < -0.3 is 10.2 Å². The van der Waals surface area contributed by atoms with Crippen LogP contribution in [0.3, 0.4) is 0 Å². The van der Waals surface area contributed by atoms with Crippen molar-refractivity contribution in [2.75, 3.05) is 13.1 Å². The molecule has 2 heterocycles. The van der Waals surface area contributed by atoms with E-state index in [0.717, 1.165) is 25.9 Å². The molecular weight excluding hydrogens is 200 g/mol. The SMILES string of the molecule is O=C(CC1CCC1)N1CCC2CCC(C1)N2. The highest BCUT2D eigenvalue weighted by Crippen LogP contribution is 2.30. The van der Waals surface area contributed by atoms with Crippen LogP contribution in [-0.2, 0) is 4.79 Å². The Morgan fingerprint density at radius 2 is 1.94 bits per heavy atom. The molecule has 2 unspecified atom stereocenters. The summed E-state index contributed by atoms with van der Waals surface area (Å²) in [5.74, 6) is 1.12. The summed E-state index contributed by atoms with van der Waals surface area (Å²) in [6.45, 7) is 1.95. The fourth-order valence-electron chi connectivity index (χ4n) is 3.24. The van der Waals surface area contributed by atoms with Gasteiger partial charge in [-0.1, -0.05) is 6.42 Å². The molecule has 2 bridgehead atoms. The number of amides is 1. The molecule has 3 heteroatoms. The lowest BCUT2D eigenvalue weighted by molar-refractivity contribution is -0.133. The second-order valence-corrected chi connectivity index (χ2v) is 5.77. The molecule has 3 aliphatic rings. The Morgan fingerprint density at radius 3 is 2.69 bits per heavy atom. The molecule has 1 N–H and O–H groups in total. The molecule has 0 aromatic heterocycles. The van der Waals surface area contributed by atoms with Gasteiger partial charge in [-0.2, -0.15) is 0 Å². The van der Waals surface area contributed by atoms with Gasteiger partial charge in [0.2, 0.25) is 5.91 Å². The van der Waals surface area contributed by atoms with E-state index in [1.54, 1.807) is 0 Å². The van der Waals surface area contributed by atoms with Crippen LogP contribution in [0.1, 0.15) is 44.9 Å². The van der Waals surface area contributed by atoms with E-state index in [0.29, 0.717) is 23.9 Å². The lowest BCUT2D eigenvalue weighted by Gasteiger charge is -2.29. The number of carbonyl (C=O) groups is 1. The number of carbonyl (C=O) groups excluding carboxylic acids is 1. The lowest BCUT2D eigenvalue weighted by atomic mass is 9.82. The Balaban J connectivity index is 1.55. The van der Waals surface area contributed by atoms with Gasteiger partial charge in [-0.05, 0) is 38.0 Å². The molecule has 0 aromatic rings. The first-order valence-corrected chi connectivity index (χ1v) is 6.85. The van der Waals surface area contributed by atoms with Crippen LogP contribution in [-0.4, -0.2) is 36.0 Å². The maximum Gasteiger partial charge on any atom is 0.222 e. The zero-order valence-electron chi connectivity index (χ0n) is 9.95. The van der Waals surface area contributed by atoms with Gasteiger partial charge in [0.25, 0.3) is 0 Å². The number of likely N-dealkylation sites (tertiary alicyclic amines) is 1. The van der Waals surface area contributed by atoms with Crippen molar-refractivity contribution in [3.63, 3.8) is 0 Å². The van der Waals surface area contributed by atoms with E-state index in [1.165, 1.54) is 32.1 Å². The number of hydrogen-bond acceptors (Lipinski definition) is 2. The van der Waals surface area contributed by atoms with Crippen molar-refractivity contribution < 1.29 is 4.79 Å². The van der Waals surface area contributed by atoms with Crippen LogP contribution in [0.25, 0.3) is 0 Å². The molecule has 3 nitrogen and oxygen atoms in total. The van der Waals surface area contributed by atoms with Gasteiger partial charge in [0.05, 0.1) is 0 Å². The lowest BCUT2D eigenvalue weighted by Crippen LogP contribution is -2.40. The van der Waals surface area contributed by atoms with Gasteiger partial charge in [0.15, 0.2) is 0 Å². The van der Waals surface area contributed by atoms with Crippen LogP contribution in [0.4, 0.5) is 0 Å². The Labute approximate surface area is 97.6 Å². The molecule has 1 saturated carbocycles. The molecule has 0 aromatic carbocycles. The summed E-state index contributed by atoms with van der Waals surface area (Å²) in [6, 6.07) is 1.27. The quantitative estimate of drug-likeness (QED) is 0.768. The summed E-state index contributed by atoms with van der Waals surface area (Å²) < 4.78 is 0. The standard InChI is InChI=1S/C13H22N2O/c16-13(8-10-2-1-3-10)15-7-6-11-4-5-12(9-15)14-11/h10-12,14H,1-9H2. The Morgan fingerprint density at radius 1 is 1.12 bits per heavy atom. The predicted octanol–water partition coefficient (Wildman–Crippen LogP) is 1.53. The second-order valence-electron chi connectivity index (χ2n) is 5.77. The molecule has 3 rings (SSSR count). The molecule has 16 heavy (non-hydrogen) atoms. The van der Waals surface area contributed by atoms with Gasteiger partial charge in [0.1, 0.15) is 0 Å². The molecule has 1 aliphatic carbocycles. The van der Waals surface area contributed by atoms with Crippen molar-refractivity contribution in [2.24, 2.45) is 5.92 Å². The maximum absolute atomic E-state index is 12.1. The average molecular weight is 222 g/mol. The normalized spacial score (nSPS) is 34.6. The Hall–Kier alpha value is -0.570. The van der Waals surface area contributed by atoms with Gasteiger partial charge in [-0.3, -0.25) is 4.79 Å². The molecule has 1 amide bonds. The summed E-state index contributed by atoms with van der Waals surface area (Å²) >= 11 is 0. The maximum atomic E-state index is 12.1. The Kier molecular flexibility index (Phi) is 2.88. The predicted molar refractivity (Wildman–Crippen MR) is 63.1 cm³/mol. The molecule has 2 atom stereocenters. The highest BCUT2D eigenvalue weighted by atomic mass is 16.2. The highest BCUT2D eigenvalue weighted by Gasteiger charge is 2.32. The van der Waals surface area contributed by atoms with Crippen LogP contribution in [0.15, 0.2) is 0 Å². The largest absolute Gasteiger partial charge is 0.341 e. The zero-order chi connectivity index (χ0) is 11.0. The van der Waals surface area contributed by atoms with Crippen LogP contribution in [0.2, 0.25) is 0 Å². The fraction of sp³-hybridized carbons (Fsp3) is 0.923. The average Bonchev–Trinajstić information content (AvgIpc) is 2.52. The number of fused-ring (bicyclic) bond motifs is 2.